The highest BCUT2D eigenvalue weighted by Crippen LogP contribution is 2.08. The number of likely N-dealkylation sites (N-methyl/N-ethyl adjacent to an activating group) is 1. The quantitative estimate of drug-likeness (QED) is 0.719. The number of hydrogen-bond acceptors (Lipinski definition) is 4. The van der Waals surface area contributed by atoms with Crippen LogP contribution in [-0.2, 0) is 4.74 Å². The predicted molar refractivity (Wildman–Crippen MR) is 76.9 cm³/mol. The molecule has 4 heteroatoms. The van der Waals surface area contributed by atoms with Crippen molar-refractivity contribution in [3.05, 3.63) is 0 Å². The molecule has 17 heavy (non-hydrogen) atoms. The summed E-state index contributed by atoms with van der Waals surface area (Å²) in [6.45, 7) is 6.39. The van der Waals surface area contributed by atoms with Crippen LogP contribution in [0.3, 0.4) is 0 Å². The molecule has 0 aromatic carbocycles. The fourth-order valence-electron chi connectivity index (χ4n) is 2.28. The van der Waals surface area contributed by atoms with E-state index in [1.54, 1.807) is 0 Å². The normalized spacial score (nSPS) is 19.8. The van der Waals surface area contributed by atoms with E-state index >= 15 is 0 Å². The van der Waals surface area contributed by atoms with Gasteiger partial charge in [0.25, 0.3) is 0 Å². The lowest BCUT2D eigenvalue weighted by molar-refractivity contribution is 0.0771. The summed E-state index contributed by atoms with van der Waals surface area (Å²) in [5.41, 5.74) is 0. The highest BCUT2D eigenvalue weighted by molar-refractivity contribution is 7.98. The third-order valence-corrected chi connectivity index (χ3v) is 4.29. The first-order chi connectivity index (χ1) is 8.27. The zero-order chi connectivity index (χ0) is 12.5. The van der Waals surface area contributed by atoms with E-state index in [0.717, 1.165) is 32.3 Å². The molecule has 1 rings (SSSR count). The van der Waals surface area contributed by atoms with Crippen LogP contribution in [0.1, 0.15) is 26.2 Å². The molecule has 1 aliphatic heterocycles. The van der Waals surface area contributed by atoms with Gasteiger partial charge in [0.2, 0.25) is 0 Å². The SMILES string of the molecule is CCC(CSC)N(C)CCNC1CCOCC1. The lowest BCUT2D eigenvalue weighted by Gasteiger charge is -2.28. The van der Waals surface area contributed by atoms with Gasteiger partial charge >= 0.3 is 0 Å². The van der Waals surface area contributed by atoms with Gasteiger partial charge in [-0.1, -0.05) is 6.92 Å². The molecule has 0 saturated carbocycles. The average Bonchev–Trinajstić information content (AvgIpc) is 2.37. The van der Waals surface area contributed by atoms with Gasteiger partial charge in [-0.3, -0.25) is 0 Å². The molecule has 1 saturated heterocycles. The summed E-state index contributed by atoms with van der Waals surface area (Å²) >= 11 is 1.95. The van der Waals surface area contributed by atoms with E-state index < -0.39 is 0 Å². The molecule has 1 N–H and O–H groups in total. The van der Waals surface area contributed by atoms with Gasteiger partial charge in [-0.05, 0) is 32.6 Å². The second-order valence-electron chi connectivity index (χ2n) is 4.84. The first-order valence-electron chi connectivity index (χ1n) is 6.78. The smallest absolute Gasteiger partial charge is 0.0480 e. The standard InChI is InChI=1S/C13H28N2OS/c1-4-13(11-17-3)15(2)8-7-14-12-5-9-16-10-6-12/h12-14H,4-11H2,1-3H3. The minimum atomic E-state index is 0.678. The molecule has 102 valence electrons. The maximum atomic E-state index is 5.36. The molecule has 1 unspecified atom stereocenters. The highest BCUT2D eigenvalue weighted by Gasteiger charge is 2.14. The Hall–Kier alpha value is 0.230. The number of nitrogens with one attached hydrogen (secondary N) is 1. The van der Waals surface area contributed by atoms with E-state index in [1.165, 1.54) is 25.0 Å². The van der Waals surface area contributed by atoms with Crippen molar-refractivity contribution in [2.75, 3.05) is 45.4 Å². The monoisotopic (exact) mass is 260 g/mol. The molecular formula is C13H28N2OS. The minimum Gasteiger partial charge on any atom is -0.381 e. The lowest BCUT2D eigenvalue weighted by Crippen LogP contribution is -2.42. The van der Waals surface area contributed by atoms with Crippen molar-refractivity contribution < 1.29 is 4.74 Å². The van der Waals surface area contributed by atoms with Crippen LogP contribution in [0.15, 0.2) is 0 Å². The maximum absolute atomic E-state index is 5.36. The van der Waals surface area contributed by atoms with Gasteiger partial charge in [-0.15, -0.1) is 0 Å². The zero-order valence-electron chi connectivity index (χ0n) is 11.6. The van der Waals surface area contributed by atoms with Crippen molar-refractivity contribution in [2.45, 2.75) is 38.3 Å². The lowest BCUT2D eigenvalue weighted by atomic mass is 10.1. The van der Waals surface area contributed by atoms with Gasteiger partial charge in [-0.25, -0.2) is 0 Å². The molecule has 1 fully saturated rings. The van der Waals surface area contributed by atoms with Crippen molar-refractivity contribution in [3.8, 4) is 0 Å². The number of hydrogen-bond donors (Lipinski definition) is 1. The van der Waals surface area contributed by atoms with E-state index in [2.05, 4.69) is 30.4 Å². The van der Waals surface area contributed by atoms with Crippen LogP contribution in [-0.4, -0.2) is 62.3 Å². The molecule has 0 aromatic heterocycles. The molecule has 1 aliphatic rings. The Bertz CT molecular complexity index is 186. The van der Waals surface area contributed by atoms with Gasteiger partial charge in [0.05, 0.1) is 0 Å². The van der Waals surface area contributed by atoms with Crippen LogP contribution >= 0.6 is 11.8 Å². The van der Waals surface area contributed by atoms with Crippen LogP contribution in [0.25, 0.3) is 0 Å². The van der Waals surface area contributed by atoms with Gasteiger partial charge in [-0.2, -0.15) is 11.8 Å². The van der Waals surface area contributed by atoms with E-state index in [9.17, 15) is 0 Å². The molecular weight excluding hydrogens is 232 g/mol. The Morgan fingerprint density at radius 3 is 2.71 bits per heavy atom. The fourth-order valence-corrected chi connectivity index (χ4v) is 3.15. The molecule has 0 aliphatic carbocycles. The van der Waals surface area contributed by atoms with Crippen LogP contribution in [0.5, 0.6) is 0 Å². The van der Waals surface area contributed by atoms with Crippen LogP contribution < -0.4 is 5.32 Å². The van der Waals surface area contributed by atoms with E-state index in [-0.39, 0.29) is 0 Å². The number of nitrogens with zero attached hydrogens (tertiary/aromatic N) is 1. The Morgan fingerprint density at radius 2 is 2.12 bits per heavy atom. The largest absolute Gasteiger partial charge is 0.381 e. The third kappa shape index (κ3) is 6.09. The highest BCUT2D eigenvalue weighted by atomic mass is 32.2. The van der Waals surface area contributed by atoms with E-state index in [1.807, 2.05) is 11.8 Å². The zero-order valence-corrected chi connectivity index (χ0v) is 12.4. The topological polar surface area (TPSA) is 24.5 Å². The molecule has 0 bridgehead atoms. The summed E-state index contributed by atoms with van der Waals surface area (Å²) in [6.07, 6.45) is 5.78. The third-order valence-electron chi connectivity index (χ3n) is 3.57. The maximum Gasteiger partial charge on any atom is 0.0480 e. The Labute approximate surface area is 111 Å². The summed E-state index contributed by atoms with van der Waals surface area (Å²) in [5, 5.41) is 3.65. The van der Waals surface area contributed by atoms with Crippen molar-refractivity contribution in [3.63, 3.8) is 0 Å². The summed E-state index contributed by atoms with van der Waals surface area (Å²) in [5.74, 6) is 1.24. The summed E-state index contributed by atoms with van der Waals surface area (Å²) in [7, 11) is 2.25. The first-order valence-corrected chi connectivity index (χ1v) is 8.17. The first kappa shape index (κ1) is 15.3. The van der Waals surface area contributed by atoms with Gasteiger partial charge in [0, 0.05) is 44.1 Å². The van der Waals surface area contributed by atoms with Crippen molar-refractivity contribution in [1.82, 2.24) is 10.2 Å². The van der Waals surface area contributed by atoms with Crippen molar-refractivity contribution in [2.24, 2.45) is 0 Å². The molecule has 1 heterocycles. The summed E-state index contributed by atoms with van der Waals surface area (Å²) in [6, 6.07) is 1.40. The predicted octanol–water partition coefficient (Wildman–Crippen LogP) is 1.83. The van der Waals surface area contributed by atoms with Crippen LogP contribution in [0.2, 0.25) is 0 Å². The van der Waals surface area contributed by atoms with Gasteiger partial charge < -0.3 is 15.0 Å². The molecule has 3 nitrogen and oxygen atoms in total. The number of thioether (sulfide) groups is 1. The summed E-state index contributed by atoms with van der Waals surface area (Å²) in [4.78, 5) is 2.49. The van der Waals surface area contributed by atoms with E-state index in [4.69, 9.17) is 4.74 Å². The van der Waals surface area contributed by atoms with E-state index in [0.29, 0.717) is 6.04 Å². The van der Waals surface area contributed by atoms with Crippen LogP contribution in [0.4, 0.5) is 0 Å². The van der Waals surface area contributed by atoms with Gasteiger partial charge in [0.15, 0.2) is 0 Å². The van der Waals surface area contributed by atoms with Crippen molar-refractivity contribution in [1.29, 1.82) is 0 Å². The number of rotatable bonds is 8. The Morgan fingerprint density at radius 1 is 1.41 bits per heavy atom. The van der Waals surface area contributed by atoms with Crippen molar-refractivity contribution >= 4 is 11.8 Å². The average molecular weight is 260 g/mol. The molecule has 0 spiro atoms. The molecule has 0 radical (unpaired) electrons. The molecule has 0 amide bonds. The second kappa shape index (κ2) is 9.20. The summed E-state index contributed by atoms with van der Waals surface area (Å²) < 4.78 is 5.36. The van der Waals surface area contributed by atoms with Crippen LogP contribution in [0, 0.1) is 0 Å². The minimum absolute atomic E-state index is 0.678. The molecule has 0 aromatic rings. The second-order valence-corrected chi connectivity index (χ2v) is 5.75. The van der Waals surface area contributed by atoms with Gasteiger partial charge in [0.1, 0.15) is 0 Å². The Kier molecular flexibility index (Phi) is 8.27. The Balaban J connectivity index is 2.11. The number of ether oxygens (including phenoxy) is 1. The fraction of sp³-hybridized carbons (Fsp3) is 1.00. The molecule has 1 atom stereocenters.